The Labute approximate surface area is 105 Å². The number of aliphatic hydroxyl groups is 1. The van der Waals surface area contributed by atoms with Crippen LogP contribution in [-0.2, 0) is 9.53 Å². The number of ether oxygens (including phenoxy) is 1. The fraction of sp³-hybridized carbons (Fsp3) is 0.818. The number of hydrogen-bond donors (Lipinski definition) is 2. The number of nitrogens with zero attached hydrogens (tertiary/aromatic N) is 2. The summed E-state index contributed by atoms with van der Waals surface area (Å²) in [4.78, 5) is 26.3. The Morgan fingerprint density at radius 3 is 2.44 bits per heavy atom. The number of likely N-dealkylation sites (tertiary alicyclic amines) is 1. The highest BCUT2D eigenvalue weighted by Crippen LogP contribution is 2.15. The van der Waals surface area contributed by atoms with Crippen LogP contribution in [0.4, 0.5) is 4.79 Å². The SMILES string of the molecule is O=C(O)C1COCCN1C(=O)N1CCC(O)CC1. The molecule has 0 aliphatic carbocycles. The van der Waals surface area contributed by atoms with Crippen LogP contribution < -0.4 is 0 Å². The molecule has 2 amide bonds. The number of piperidine rings is 1. The smallest absolute Gasteiger partial charge is 0.328 e. The number of rotatable bonds is 1. The van der Waals surface area contributed by atoms with E-state index in [1.165, 1.54) is 4.90 Å². The van der Waals surface area contributed by atoms with Crippen LogP contribution in [0.5, 0.6) is 0 Å². The molecule has 2 saturated heterocycles. The molecule has 2 fully saturated rings. The van der Waals surface area contributed by atoms with Gasteiger partial charge in [-0.2, -0.15) is 0 Å². The molecule has 18 heavy (non-hydrogen) atoms. The molecule has 0 saturated carbocycles. The van der Waals surface area contributed by atoms with E-state index in [4.69, 9.17) is 9.84 Å². The van der Waals surface area contributed by atoms with E-state index in [1.54, 1.807) is 4.90 Å². The van der Waals surface area contributed by atoms with Gasteiger partial charge in [0.15, 0.2) is 6.04 Å². The molecule has 0 aromatic carbocycles. The first-order valence-corrected chi connectivity index (χ1v) is 6.13. The molecule has 102 valence electrons. The van der Waals surface area contributed by atoms with Gasteiger partial charge < -0.3 is 24.7 Å². The molecule has 7 heteroatoms. The molecule has 2 aliphatic heterocycles. The number of urea groups is 1. The summed E-state index contributed by atoms with van der Waals surface area (Å²) in [5.74, 6) is -1.04. The number of morpholine rings is 1. The number of aliphatic hydroxyl groups excluding tert-OH is 1. The molecular formula is C11H18N2O5. The molecule has 1 atom stereocenters. The zero-order valence-corrected chi connectivity index (χ0v) is 10.1. The van der Waals surface area contributed by atoms with Gasteiger partial charge in [0, 0.05) is 19.6 Å². The third kappa shape index (κ3) is 2.73. The molecule has 0 bridgehead atoms. The quantitative estimate of drug-likeness (QED) is 0.652. The molecule has 7 nitrogen and oxygen atoms in total. The topological polar surface area (TPSA) is 90.3 Å². The maximum atomic E-state index is 12.2. The van der Waals surface area contributed by atoms with E-state index in [0.29, 0.717) is 39.1 Å². The first-order chi connectivity index (χ1) is 8.59. The summed E-state index contributed by atoms with van der Waals surface area (Å²) in [7, 11) is 0. The minimum atomic E-state index is -1.04. The Kier molecular flexibility index (Phi) is 4.03. The highest BCUT2D eigenvalue weighted by atomic mass is 16.5. The lowest BCUT2D eigenvalue weighted by Gasteiger charge is -2.38. The van der Waals surface area contributed by atoms with Crippen molar-refractivity contribution in [1.29, 1.82) is 0 Å². The molecule has 2 rings (SSSR count). The van der Waals surface area contributed by atoms with Crippen LogP contribution >= 0.6 is 0 Å². The highest BCUT2D eigenvalue weighted by Gasteiger charge is 2.35. The third-order valence-electron chi connectivity index (χ3n) is 3.39. The Balaban J connectivity index is 2.00. The van der Waals surface area contributed by atoms with Crippen molar-refractivity contribution in [2.75, 3.05) is 32.8 Å². The van der Waals surface area contributed by atoms with Gasteiger partial charge in [0.1, 0.15) is 0 Å². The fourth-order valence-electron chi connectivity index (χ4n) is 2.28. The van der Waals surface area contributed by atoms with Crippen molar-refractivity contribution in [3.05, 3.63) is 0 Å². The minimum Gasteiger partial charge on any atom is -0.480 e. The van der Waals surface area contributed by atoms with Crippen molar-refractivity contribution in [3.8, 4) is 0 Å². The Bertz CT molecular complexity index is 327. The van der Waals surface area contributed by atoms with Crippen LogP contribution in [0, 0.1) is 0 Å². The van der Waals surface area contributed by atoms with Gasteiger partial charge in [0.2, 0.25) is 0 Å². The van der Waals surface area contributed by atoms with Crippen molar-refractivity contribution in [3.63, 3.8) is 0 Å². The standard InChI is InChI=1S/C11H18N2O5/c14-8-1-3-12(4-2-8)11(17)13-5-6-18-7-9(13)10(15)16/h8-9,14H,1-7H2,(H,15,16). The zero-order valence-electron chi connectivity index (χ0n) is 10.1. The average molecular weight is 258 g/mol. The van der Waals surface area contributed by atoms with Gasteiger partial charge in [0.05, 0.1) is 19.3 Å². The van der Waals surface area contributed by atoms with Gasteiger partial charge in [-0.15, -0.1) is 0 Å². The van der Waals surface area contributed by atoms with Crippen molar-refractivity contribution in [2.24, 2.45) is 0 Å². The van der Waals surface area contributed by atoms with Gasteiger partial charge in [-0.05, 0) is 12.8 Å². The third-order valence-corrected chi connectivity index (χ3v) is 3.39. The van der Waals surface area contributed by atoms with Crippen LogP contribution in [0.3, 0.4) is 0 Å². The molecule has 1 unspecified atom stereocenters. The number of hydrogen-bond acceptors (Lipinski definition) is 4. The number of carbonyl (C=O) groups excluding carboxylic acids is 1. The fourth-order valence-corrected chi connectivity index (χ4v) is 2.28. The van der Waals surface area contributed by atoms with E-state index in [-0.39, 0.29) is 18.7 Å². The van der Waals surface area contributed by atoms with E-state index in [1.807, 2.05) is 0 Å². The molecule has 2 N–H and O–H groups in total. The van der Waals surface area contributed by atoms with Crippen LogP contribution in [0.2, 0.25) is 0 Å². The summed E-state index contributed by atoms with van der Waals surface area (Å²) >= 11 is 0. The van der Waals surface area contributed by atoms with E-state index in [0.717, 1.165) is 0 Å². The first kappa shape index (κ1) is 13.1. The van der Waals surface area contributed by atoms with Gasteiger partial charge in [-0.1, -0.05) is 0 Å². The number of amides is 2. The van der Waals surface area contributed by atoms with Crippen LogP contribution in [0.15, 0.2) is 0 Å². The Morgan fingerprint density at radius 1 is 1.17 bits per heavy atom. The normalized spacial score (nSPS) is 26.2. The average Bonchev–Trinajstić information content (AvgIpc) is 2.39. The highest BCUT2D eigenvalue weighted by molar-refractivity contribution is 5.83. The van der Waals surface area contributed by atoms with Gasteiger partial charge >= 0.3 is 12.0 Å². The van der Waals surface area contributed by atoms with Gasteiger partial charge in [0.25, 0.3) is 0 Å². The molecule has 0 aromatic rings. The molecule has 0 radical (unpaired) electrons. The zero-order chi connectivity index (χ0) is 13.1. The van der Waals surface area contributed by atoms with E-state index in [2.05, 4.69) is 0 Å². The summed E-state index contributed by atoms with van der Waals surface area (Å²) < 4.78 is 5.09. The summed E-state index contributed by atoms with van der Waals surface area (Å²) in [6, 6.07) is -1.17. The predicted octanol–water partition coefficient (Wildman–Crippen LogP) is -0.651. The van der Waals surface area contributed by atoms with E-state index >= 15 is 0 Å². The van der Waals surface area contributed by atoms with Crippen LogP contribution in [0.25, 0.3) is 0 Å². The second-order valence-corrected chi connectivity index (χ2v) is 4.62. The van der Waals surface area contributed by atoms with E-state index < -0.39 is 12.0 Å². The van der Waals surface area contributed by atoms with Gasteiger partial charge in [-0.25, -0.2) is 9.59 Å². The molecule has 2 aliphatic rings. The maximum Gasteiger partial charge on any atom is 0.328 e. The first-order valence-electron chi connectivity index (χ1n) is 6.13. The molecule has 0 spiro atoms. The monoisotopic (exact) mass is 258 g/mol. The van der Waals surface area contributed by atoms with Crippen LogP contribution in [0.1, 0.15) is 12.8 Å². The lowest BCUT2D eigenvalue weighted by atomic mass is 10.1. The van der Waals surface area contributed by atoms with Crippen LogP contribution in [-0.4, -0.2) is 77.0 Å². The summed E-state index contributed by atoms with van der Waals surface area (Å²) in [5.41, 5.74) is 0. The Morgan fingerprint density at radius 2 is 1.83 bits per heavy atom. The van der Waals surface area contributed by atoms with Crippen molar-refractivity contribution in [1.82, 2.24) is 9.80 Å². The molecular weight excluding hydrogens is 240 g/mol. The minimum absolute atomic E-state index is 0.0392. The number of carbonyl (C=O) groups is 2. The van der Waals surface area contributed by atoms with Crippen molar-refractivity contribution >= 4 is 12.0 Å². The van der Waals surface area contributed by atoms with Crippen molar-refractivity contribution in [2.45, 2.75) is 25.0 Å². The Hall–Kier alpha value is -1.34. The maximum absolute atomic E-state index is 12.2. The number of aliphatic carboxylic acids is 1. The number of carboxylic acids is 1. The van der Waals surface area contributed by atoms with Gasteiger partial charge in [-0.3, -0.25) is 0 Å². The molecule has 2 heterocycles. The van der Waals surface area contributed by atoms with Crippen molar-refractivity contribution < 1.29 is 24.5 Å². The largest absolute Gasteiger partial charge is 0.480 e. The predicted molar refractivity (Wildman–Crippen MR) is 61.2 cm³/mol. The second-order valence-electron chi connectivity index (χ2n) is 4.62. The lowest BCUT2D eigenvalue weighted by Crippen LogP contribution is -2.57. The summed E-state index contributed by atoms with van der Waals surface area (Å²) in [6.07, 6.45) is 0.746. The molecule has 0 aromatic heterocycles. The van der Waals surface area contributed by atoms with E-state index in [9.17, 15) is 14.7 Å². The second kappa shape index (κ2) is 5.53. The lowest BCUT2D eigenvalue weighted by molar-refractivity contribution is -0.147. The summed E-state index contributed by atoms with van der Waals surface area (Å²) in [5, 5.41) is 18.5. The number of carboxylic acid groups (broad SMARTS) is 1. The summed E-state index contributed by atoms with van der Waals surface area (Å²) in [6.45, 7) is 1.66.